The fourth-order valence-electron chi connectivity index (χ4n) is 2.91. The number of amidine groups is 2. The minimum atomic E-state index is -0.473. The van der Waals surface area contributed by atoms with E-state index in [1.54, 1.807) is 24.8 Å². The summed E-state index contributed by atoms with van der Waals surface area (Å²) in [5.74, 6) is 0.586. The molecule has 1 N–H and O–H groups in total. The second kappa shape index (κ2) is 8.45. The zero-order valence-electron chi connectivity index (χ0n) is 16.2. The lowest BCUT2D eigenvalue weighted by Gasteiger charge is -2.20. The summed E-state index contributed by atoms with van der Waals surface area (Å²) in [6.07, 6.45) is 1.60. The molecule has 0 saturated heterocycles. The fourth-order valence-corrected chi connectivity index (χ4v) is 4.09. The van der Waals surface area contributed by atoms with E-state index in [2.05, 4.69) is 26.0 Å². The molecule has 2 aliphatic rings. The van der Waals surface area contributed by atoms with Crippen LogP contribution in [0.5, 0.6) is 11.5 Å². The number of rotatable bonds is 5. The average molecular weight is 485 g/mol. The molecule has 0 aromatic heterocycles. The minimum Gasteiger partial charge on any atom is -0.493 e. The first-order valence-corrected chi connectivity index (χ1v) is 10.6. The van der Waals surface area contributed by atoms with Gasteiger partial charge in [0.05, 0.1) is 22.7 Å². The number of carbonyl (C=O) groups excluding carboxylic acids is 1. The SMILES string of the molecule is COc1cc(C=C2C(=N)N3N=CSC3=NC2=O)cc(Br)c1OCc1ccc(C)cc1. The Bertz CT molecular complexity index is 1130. The number of nitrogens with zero attached hydrogens (tertiary/aromatic N) is 3. The third kappa shape index (κ3) is 4.03. The molecule has 2 aromatic carbocycles. The highest BCUT2D eigenvalue weighted by Crippen LogP contribution is 2.38. The molecule has 0 aliphatic carbocycles. The van der Waals surface area contributed by atoms with Gasteiger partial charge in [-0.05, 0) is 64.0 Å². The molecule has 0 spiro atoms. The molecule has 9 heteroatoms. The summed E-state index contributed by atoms with van der Waals surface area (Å²) >= 11 is 4.73. The van der Waals surface area contributed by atoms with Gasteiger partial charge in [0, 0.05) is 0 Å². The lowest BCUT2D eigenvalue weighted by atomic mass is 10.1. The van der Waals surface area contributed by atoms with Crippen LogP contribution in [0.3, 0.4) is 0 Å². The Morgan fingerprint density at radius 2 is 2.03 bits per heavy atom. The number of aliphatic imine (C=N–C) groups is 1. The fraction of sp³-hybridized carbons (Fsp3) is 0.143. The van der Waals surface area contributed by atoms with Gasteiger partial charge in [-0.25, -0.2) is 0 Å². The molecular formula is C21H17BrN4O3S. The van der Waals surface area contributed by atoms with Crippen LogP contribution in [0.1, 0.15) is 16.7 Å². The van der Waals surface area contributed by atoms with Crippen molar-refractivity contribution in [1.29, 1.82) is 5.41 Å². The number of ether oxygens (including phenoxy) is 2. The van der Waals surface area contributed by atoms with Gasteiger partial charge in [0.2, 0.25) is 0 Å². The summed E-state index contributed by atoms with van der Waals surface area (Å²) in [5, 5.41) is 14.1. The van der Waals surface area contributed by atoms with Crippen LogP contribution in [0, 0.1) is 12.3 Å². The van der Waals surface area contributed by atoms with Crippen LogP contribution in [0.25, 0.3) is 6.08 Å². The van der Waals surface area contributed by atoms with Crippen LogP contribution in [-0.4, -0.2) is 34.6 Å². The number of thioether (sulfide) groups is 1. The summed E-state index contributed by atoms with van der Waals surface area (Å²) in [6.45, 7) is 2.43. The summed E-state index contributed by atoms with van der Waals surface area (Å²) in [5.41, 5.74) is 4.60. The van der Waals surface area contributed by atoms with Crippen molar-refractivity contribution in [1.82, 2.24) is 5.01 Å². The molecule has 0 bridgehead atoms. The first-order valence-electron chi connectivity index (χ1n) is 8.95. The third-order valence-electron chi connectivity index (χ3n) is 4.46. The Morgan fingerprint density at radius 3 is 2.77 bits per heavy atom. The largest absolute Gasteiger partial charge is 0.493 e. The van der Waals surface area contributed by atoms with Gasteiger partial charge in [-0.1, -0.05) is 29.8 Å². The van der Waals surface area contributed by atoms with Crippen molar-refractivity contribution in [3.8, 4) is 11.5 Å². The molecule has 30 heavy (non-hydrogen) atoms. The number of hydrogen-bond acceptors (Lipinski definition) is 6. The number of hydrazone groups is 1. The number of methoxy groups -OCH3 is 1. The Labute approximate surface area is 186 Å². The maximum atomic E-state index is 12.4. The zero-order chi connectivity index (χ0) is 21.3. The topological polar surface area (TPSA) is 87.3 Å². The van der Waals surface area contributed by atoms with Crippen molar-refractivity contribution < 1.29 is 14.3 Å². The van der Waals surface area contributed by atoms with Crippen LogP contribution in [0.2, 0.25) is 0 Å². The van der Waals surface area contributed by atoms with Crippen LogP contribution in [0.4, 0.5) is 0 Å². The van der Waals surface area contributed by atoms with Gasteiger partial charge in [0.25, 0.3) is 5.91 Å². The molecule has 4 rings (SSSR count). The van der Waals surface area contributed by atoms with Crippen molar-refractivity contribution in [3.63, 3.8) is 0 Å². The molecule has 2 heterocycles. The molecule has 0 unspecified atom stereocenters. The van der Waals surface area contributed by atoms with Gasteiger partial charge in [0.15, 0.2) is 22.5 Å². The van der Waals surface area contributed by atoms with Gasteiger partial charge in [-0.15, -0.1) is 0 Å². The van der Waals surface area contributed by atoms with Gasteiger partial charge in [0.1, 0.15) is 6.61 Å². The smallest absolute Gasteiger partial charge is 0.283 e. The molecule has 152 valence electrons. The molecule has 0 atom stereocenters. The highest BCUT2D eigenvalue weighted by molar-refractivity contribution is 9.10. The van der Waals surface area contributed by atoms with E-state index in [0.717, 1.165) is 5.56 Å². The van der Waals surface area contributed by atoms with Gasteiger partial charge >= 0.3 is 0 Å². The summed E-state index contributed by atoms with van der Waals surface area (Å²) in [7, 11) is 1.55. The molecular weight excluding hydrogens is 468 g/mol. The minimum absolute atomic E-state index is 0.0129. The van der Waals surface area contributed by atoms with Crippen LogP contribution in [0.15, 0.2) is 56.5 Å². The van der Waals surface area contributed by atoms with E-state index in [9.17, 15) is 4.79 Å². The van der Waals surface area contributed by atoms with Crippen LogP contribution < -0.4 is 9.47 Å². The Kier molecular flexibility index (Phi) is 5.74. The molecule has 1 amide bonds. The van der Waals surface area contributed by atoms with Crippen molar-refractivity contribution in [3.05, 3.63) is 63.1 Å². The van der Waals surface area contributed by atoms with E-state index in [1.165, 1.54) is 22.3 Å². The third-order valence-corrected chi connectivity index (χ3v) is 5.73. The van der Waals surface area contributed by atoms with Gasteiger partial charge in [-0.3, -0.25) is 10.2 Å². The van der Waals surface area contributed by atoms with E-state index in [-0.39, 0.29) is 11.4 Å². The lowest BCUT2D eigenvalue weighted by molar-refractivity contribution is -0.114. The first kappa shape index (κ1) is 20.4. The number of amides is 1. The predicted octanol–water partition coefficient (Wildman–Crippen LogP) is 4.59. The van der Waals surface area contributed by atoms with E-state index in [1.807, 2.05) is 37.3 Å². The molecule has 0 saturated carbocycles. The number of nitrogens with one attached hydrogen (secondary N) is 1. The van der Waals surface area contributed by atoms with Crippen LogP contribution in [-0.2, 0) is 11.4 Å². The highest BCUT2D eigenvalue weighted by Gasteiger charge is 2.32. The average Bonchev–Trinajstić information content (AvgIpc) is 3.19. The summed E-state index contributed by atoms with van der Waals surface area (Å²) < 4.78 is 12.1. The number of halogens is 1. The maximum absolute atomic E-state index is 12.4. The molecule has 7 nitrogen and oxygen atoms in total. The normalized spacial score (nSPS) is 16.7. The molecule has 0 fully saturated rings. The standard InChI is InChI=1S/C21H17BrN4O3S/c1-12-3-5-13(6-4-12)10-29-18-16(22)8-14(9-17(18)28-2)7-15-19(23)26-21(25-20(15)27)30-11-24-26/h3-9,11,23H,10H2,1-2H3. The van der Waals surface area contributed by atoms with Crippen molar-refractivity contribution in [2.24, 2.45) is 10.1 Å². The van der Waals surface area contributed by atoms with Gasteiger partial charge < -0.3 is 9.47 Å². The number of carbonyl (C=O) groups is 1. The quantitative estimate of drug-likeness (QED) is 0.626. The molecule has 2 aliphatic heterocycles. The highest BCUT2D eigenvalue weighted by atomic mass is 79.9. The second-order valence-electron chi connectivity index (χ2n) is 6.57. The number of fused-ring (bicyclic) bond motifs is 1. The zero-order valence-corrected chi connectivity index (χ0v) is 18.6. The van der Waals surface area contributed by atoms with Crippen LogP contribution >= 0.6 is 27.7 Å². The Hall–Kier alpha value is -2.91. The monoisotopic (exact) mass is 484 g/mol. The van der Waals surface area contributed by atoms with Gasteiger partial charge in [-0.2, -0.15) is 15.1 Å². The predicted molar refractivity (Wildman–Crippen MR) is 122 cm³/mol. The number of aryl methyl sites for hydroxylation is 1. The Balaban J connectivity index is 1.61. The second-order valence-corrected chi connectivity index (χ2v) is 8.23. The Morgan fingerprint density at radius 1 is 1.27 bits per heavy atom. The first-order chi connectivity index (χ1) is 14.5. The van der Waals surface area contributed by atoms with E-state index >= 15 is 0 Å². The lowest BCUT2D eigenvalue weighted by Crippen LogP contribution is -2.35. The molecule has 0 radical (unpaired) electrons. The van der Waals surface area contributed by atoms with E-state index in [0.29, 0.717) is 33.3 Å². The maximum Gasteiger partial charge on any atom is 0.283 e. The molecule has 2 aromatic rings. The number of benzene rings is 2. The van der Waals surface area contributed by atoms with Crippen molar-refractivity contribution >= 4 is 56.2 Å². The summed E-state index contributed by atoms with van der Waals surface area (Å²) in [4.78, 5) is 16.4. The van der Waals surface area contributed by atoms with E-state index < -0.39 is 5.91 Å². The number of hydrogen-bond donors (Lipinski definition) is 1. The van der Waals surface area contributed by atoms with Crippen molar-refractivity contribution in [2.75, 3.05) is 7.11 Å². The summed E-state index contributed by atoms with van der Waals surface area (Å²) in [6, 6.07) is 11.7. The van der Waals surface area contributed by atoms with E-state index in [4.69, 9.17) is 14.9 Å². The van der Waals surface area contributed by atoms with Crippen molar-refractivity contribution in [2.45, 2.75) is 13.5 Å².